The fraction of sp³-hybridized carbons (Fsp3) is 0.250. The maximum absolute atomic E-state index is 6.01. The average Bonchev–Trinajstić information content (AvgIpc) is 3.21. The number of ether oxygens (including phenoxy) is 3. The fourth-order valence-corrected chi connectivity index (χ4v) is 3.25. The fourth-order valence-electron chi connectivity index (χ4n) is 3.25. The van der Waals surface area contributed by atoms with Gasteiger partial charge >= 0.3 is 0 Å². The predicted molar refractivity (Wildman–Crippen MR) is 110 cm³/mol. The van der Waals surface area contributed by atoms with Crippen molar-refractivity contribution in [1.29, 1.82) is 0 Å². The van der Waals surface area contributed by atoms with E-state index in [1.54, 1.807) is 0 Å². The van der Waals surface area contributed by atoms with E-state index in [0.717, 1.165) is 30.2 Å². The van der Waals surface area contributed by atoms with Crippen LogP contribution < -0.4 is 14.8 Å². The molecule has 4 heteroatoms. The number of benzene rings is 3. The van der Waals surface area contributed by atoms with Crippen LogP contribution in [0.1, 0.15) is 12.0 Å². The molecule has 1 saturated heterocycles. The first-order valence-electron chi connectivity index (χ1n) is 9.70. The summed E-state index contributed by atoms with van der Waals surface area (Å²) in [5.41, 5.74) is 1.21. The SMILES string of the molecule is c1ccc(COC2CN[C@H](COc3ccc(Oc4ccccc4)cc3)C2)cc1. The number of hydrogen-bond acceptors (Lipinski definition) is 4. The summed E-state index contributed by atoms with van der Waals surface area (Å²) in [6.45, 7) is 2.15. The summed E-state index contributed by atoms with van der Waals surface area (Å²) in [7, 11) is 0. The van der Waals surface area contributed by atoms with Crippen molar-refractivity contribution in [2.24, 2.45) is 0 Å². The average molecular weight is 375 g/mol. The molecule has 2 atom stereocenters. The zero-order valence-corrected chi connectivity index (χ0v) is 15.8. The van der Waals surface area contributed by atoms with Gasteiger partial charge in [0.15, 0.2) is 0 Å². The minimum Gasteiger partial charge on any atom is -0.492 e. The van der Waals surface area contributed by atoms with Crippen LogP contribution in [-0.2, 0) is 11.3 Å². The Hall–Kier alpha value is -2.82. The second kappa shape index (κ2) is 9.40. The lowest BCUT2D eigenvalue weighted by Crippen LogP contribution is -2.28. The third kappa shape index (κ3) is 5.35. The Morgan fingerprint density at radius 1 is 0.750 bits per heavy atom. The van der Waals surface area contributed by atoms with E-state index in [1.165, 1.54) is 5.56 Å². The summed E-state index contributed by atoms with van der Waals surface area (Å²) in [5, 5.41) is 3.48. The quantitative estimate of drug-likeness (QED) is 0.614. The van der Waals surface area contributed by atoms with Crippen LogP contribution in [0.4, 0.5) is 0 Å². The molecular formula is C24H25NO3. The molecule has 3 aromatic rings. The lowest BCUT2D eigenvalue weighted by molar-refractivity contribution is 0.0515. The van der Waals surface area contributed by atoms with Gasteiger partial charge in [-0.2, -0.15) is 0 Å². The molecule has 1 aliphatic rings. The van der Waals surface area contributed by atoms with Crippen LogP contribution in [0.5, 0.6) is 17.2 Å². The third-order valence-corrected chi connectivity index (χ3v) is 4.76. The van der Waals surface area contributed by atoms with E-state index in [4.69, 9.17) is 14.2 Å². The maximum Gasteiger partial charge on any atom is 0.127 e. The van der Waals surface area contributed by atoms with Crippen LogP contribution in [0, 0.1) is 0 Å². The molecule has 3 aromatic carbocycles. The molecular weight excluding hydrogens is 350 g/mol. The molecule has 0 saturated carbocycles. The van der Waals surface area contributed by atoms with Crippen molar-refractivity contribution in [2.75, 3.05) is 13.2 Å². The first-order valence-corrected chi connectivity index (χ1v) is 9.70. The number of hydrogen-bond donors (Lipinski definition) is 1. The highest BCUT2D eigenvalue weighted by molar-refractivity contribution is 5.35. The van der Waals surface area contributed by atoms with E-state index in [0.29, 0.717) is 19.3 Å². The second-order valence-electron chi connectivity index (χ2n) is 6.96. The normalized spacial score (nSPS) is 18.7. The largest absolute Gasteiger partial charge is 0.492 e. The van der Waals surface area contributed by atoms with Gasteiger partial charge in [0.05, 0.1) is 12.7 Å². The first-order chi connectivity index (χ1) is 13.8. The molecule has 1 heterocycles. The van der Waals surface area contributed by atoms with Crippen molar-refractivity contribution < 1.29 is 14.2 Å². The number of nitrogens with one attached hydrogen (secondary N) is 1. The van der Waals surface area contributed by atoms with Crippen molar-refractivity contribution in [3.05, 3.63) is 90.5 Å². The molecule has 1 unspecified atom stereocenters. The minimum absolute atomic E-state index is 0.232. The summed E-state index contributed by atoms with van der Waals surface area (Å²) >= 11 is 0. The molecule has 1 fully saturated rings. The topological polar surface area (TPSA) is 39.7 Å². The molecule has 4 nitrogen and oxygen atoms in total. The summed E-state index contributed by atoms with van der Waals surface area (Å²) in [5.74, 6) is 2.47. The predicted octanol–water partition coefficient (Wildman–Crippen LogP) is 4.81. The van der Waals surface area contributed by atoms with Crippen LogP contribution in [0.2, 0.25) is 0 Å². The molecule has 0 spiro atoms. The molecule has 0 aromatic heterocycles. The Labute approximate surface area is 166 Å². The first kappa shape index (κ1) is 18.5. The Balaban J connectivity index is 1.19. The van der Waals surface area contributed by atoms with E-state index in [-0.39, 0.29) is 6.10 Å². The molecule has 0 amide bonds. The van der Waals surface area contributed by atoms with Crippen molar-refractivity contribution in [2.45, 2.75) is 25.2 Å². The van der Waals surface area contributed by atoms with Crippen molar-refractivity contribution in [3.8, 4) is 17.2 Å². The van der Waals surface area contributed by atoms with Gasteiger partial charge in [-0.05, 0) is 48.4 Å². The highest BCUT2D eigenvalue weighted by Gasteiger charge is 2.25. The van der Waals surface area contributed by atoms with Crippen molar-refractivity contribution >= 4 is 0 Å². The second-order valence-corrected chi connectivity index (χ2v) is 6.96. The van der Waals surface area contributed by atoms with Gasteiger partial charge in [0, 0.05) is 12.6 Å². The van der Waals surface area contributed by atoms with Crippen molar-refractivity contribution in [1.82, 2.24) is 5.32 Å². The molecule has 28 heavy (non-hydrogen) atoms. The van der Waals surface area contributed by atoms with Crippen LogP contribution >= 0.6 is 0 Å². The lowest BCUT2D eigenvalue weighted by atomic mass is 10.2. The Morgan fingerprint density at radius 3 is 2.14 bits per heavy atom. The zero-order valence-electron chi connectivity index (χ0n) is 15.8. The molecule has 144 valence electrons. The summed E-state index contributed by atoms with van der Waals surface area (Å²) < 4.78 is 17.7. The Kier molecular flexibility index (Phi) is 6.22. The van der Waals surface area contributed by atoms with Crippen LogP contribution in [0.25, 0.3) is 0 Å². The van der Waals surface area contributed by atoms with Gasteiger partial charge in [0.1, 0.15) is 23.9 Å². The molecule has 0 aliphatic carbocycles. The third-order valence-electron chi connectivity index (χ3n) is 4.76. The van der Waals surface area contributed by atoms with Gasteiger partial charge in [-0.15, -0.1) is 0 Å². The van der Waals surface area contributed by atoms with Gasteiger partial charge < -0.3 is 19.5 Å². The molecule has 0 radical (unpaired) electrons. The van der Waals surface area contributed by atoms with Gasteiger partial charge in [0.25, 0.3) is 0 Å². The smallest absolute Gasteiger partial charge is 0.127 e. The summed E-state index contributed by atoms with van der Waals surface area (Å²) in [6.07, 6.45) is 1.19. The van der Waals surface area contributed by atoms with E-state index < -0.39 is 0 Å². The van der Waals surface area contributed by atoms with E-state index in [1.807, 2.05) is 72.8 Å². The minimum atomic E-state index is 0.232. The van der Waals surface area contributed by atoms with Gasteiger partial charge in [0.2, 0.25) is 0 Å². The Bertz CT molecular complexity index is 837. The van der Waals surface area contributed by atoms with Crippen LogP contribution in [0.15, 0.2) is 84.9 Å². The zero-order chi connectivity index (χ0) is 19.0. The van der Waals surface area contributed by atoms with E-state index in [2.05, 4.69) is 17.4 Å². The van der Waals surface area contributed by atoms with Crippen molar-refractivity contribution in [3.63, 3.8) is 0 Å². The lowest BCUT2D eigenvalue weighted by Gasteiger charge is -2.13. The van der Waals surface area contributed by atoms with Gasteiger partial charge in [-0.1, -0.05) is 48.5 Å². The molecule has 1 N–H and O–H groups in total. The number of para-hydroxylation sites is 1. The van der Waals surface area contributed by atoms with Crippen LogP contribution in [-0.4, -0.2) is 25.3 Å². The summed E-state index contributed by atoms with van der Waals surface area (Å²) in [6, 6.07) is 28.1. The summed E-state index contributed by atoms with van der Waals surface area (Å²) in [4.78, 5) is 0. The van der Waals surface area contributed by atoms with E-state index >= 15 is 0 Å². The number of rotatable bonds is 8. The standard InChI is InChI=1S/C24H25NO3/c1-3-7-19(8-4-1)17-26-24-15-20(25-16-24)18-27-21-11-13-23(14-12-21)28-22-9-5-2-6-10-22/h1-14,20,24-25H,15-18H2/t20-,24?/m0/s1. The Morgan fingerprint density at radius 2 is 1.39 bits per heavy atom. The van der Waals surface area contributed by atoms with Gasteiger partial charge in [-0.3, -0.25) is 0 Å². The van der Waals surface area contributed by atoms with Gasteiger partial charge in [-0.25, -0.2) is 0 Å². The monoisotopic (exact) mass is 375 g/mol. The maximum atomic E-state index is 6.01. The van der Waals surface area contributed by atoms with E-state index in [9.17, 15) is 0 Å². The highest BCUT2D eigenvalue weighted by Crippen LogP contribution is 2.24. The molecule has 1 aliphatic heterocycles. The molecule has 4 rings (SSSR count). The molecule has 0 bridgehead atoms. The van der Waals surface area contributed by atoms with Crippen LogP contribution in [0.3, 0.4) is 0 Å². The highest BCUT2D eigenvalue weighted by atomic mass is 16.5.